The predicted molar refractivity (Wildman–Crippen MR) is 112 cm³/mol. The third kappa shape index (κ3) is 6.59. The quantitative estimate of drug-likeness (QED) is 0.462. The molecule has 4 amide bonds. The van der Waals surface area contributed by atoms with E-state index in [2.05, 4.69) is 16.0 Å². The van der Waals surface area contributed by atoms with Crippen molar-refractivity contribution in [1.82, 2.24) is 16.0 Å². The highest BCUT2D eigenvalue weighted by Crippen LogP contribution is 2.13. The molecular formula is C22H24F2N4O4. The number of carbonyl (C=O) groups excluding carboxylic acids is 4. The molecule has 2 rings (SSSR count). The highest BCUT2D eigenvalue weighted by molar-refractivity contribution is 5.98. The molecule has 5 N–H and O–H groups in total. The number of hydrogen-bond acceptors (Lipinski definition) is 4. The number of nitrogens with two attached hydrogens (primary N) is 1. The van der Waals surface area contributed by atoms with Crippen LogP contribution in [0.5, 0.6) is 0 Å². The Hall–Kier alpha value is -3.82. The molecule has 0 aliphatic carbocycles. The molecule has 1 atom stereocenters. The van der Waals surface area contributed by atoms with E-state index in [0.29, 0.717) is 11.1 Å². The van der Waals surface area contributed by atoms with E-state index in [9.17, 15) is 28.0 Å². The molecule has 0 saturated carbocycles. The Morgan fingerprint density at radius 2 is 1.50 bits per heavy atom. The molecule has 0 aromatic heterocycles. The van der Waals surface area contributed by atoms with Gasteiger partial charge in [-0.2, -0.15) is 0 Å². The zero-order chi connectivity index (χ0) is 23.8. The van der Waals surface area contributed by atoms with E-state index in [-0.39, 0.29) is 19.0 Å². The SMILES string of the molecule is CC(C)C(NC(=O)c1c(F)cccc1F)C(=O)NCc1ccc(C(=O)NCC(N)=O)cc1. The van der Waals surface area contributed by atoms with Gasteiger partial charge in [0.25, 0.3) is 11.8 Å². The van der Waals surface area contributed by atoms with E-state index < -0.39 is 46.9 Å². The summed E-state index contributed by atoms with van der Waals surface area (Å²) in [7, 11) is 0. The van der Waals surface area contributed by atoms with Crippen LogP contribution in [-0.4, -0.2) is 36.2 Å². The summed E-state index contributed by atoms with van der Waals surface area (Å²) in [5, 5.41) is 7.39. The topological polar surface area (TPSA) is 130 Å². The summed E-state index contributed by atoms with van der Waals surface area (Å²) < 4.78 is 27.7. The molecule has 0 radical (unpaired) electrons. The van der Waals surface area contributed by atoms with Crippen LogP contribution in [0.4, 0.5) is 8.78 Å². The first-order valence-corrected chi connectivity index (χ1v) is 9.78. The number of hydrogen-bond donors (Lipinski definition) is 4. The maximum atomic E-state index is 13.8. The van der Waals surface area contributed by atoms with Crippen LogP contribution in [0, 0.1) is 17.6 Å². The van der Waals surface area contributed by atoms with Crippen molar-refractivity contribution in [2.45, 2.75) is 26.4 Å². The number of benzene rings is 2. The smallest absolute Gasteiger partial charge is 0.257 e. The van der Waals surface area contributed by atoms with Gasteiger partial charge in [0.1, 0.15) is 23.2 Å². The van der Waals surface area contributed by atoms with Gasteiger partial charge in [0.15, 0.2) is 0 Å². The van der Waals surface area contributed by atoms with Crippen LogP contribution in [0.3, 0.4) is 0 Å². The standard InChI is InChI=1S/C22H24F2N4O4/c1-12(2)19(28-21(31)18-15(23)4-3-5-16(18)24)22(32)26-10-13-6-8-14(9-7-13)20(30)27-11-17(25)29/h3-9,12,19H,10-11H2,1-2H3,(H2,25,29)(H,26,32)(H,27,30)(H,28,31). The molecule has 170 valence electrons. The second-order valence-electron chi connectivity index (χ2n) is 7.36. The maximum Gasteiger partial charge on any atom is 0.257 e. The van der Waals surface area contributed by atoms with Gasteiger partial charge in [0.2, 0.25) is 11.8 Å². The fourth-order valence-electron chi connectivity index (χ4n) is 2.81. The van der Waals surface area contributed by atoms with Crippen molar-refractivity contribution in [3.63, 3.8) is 0 Å². The number of primary amides is 1. The van der Waals surface area contributed by atoms with Gasteiger partial charge in [-0.25, -0.2) is 8.78 Å². The van der Waals surface area contributed by atoms with Crippen LogP contribution in [0.25, 0.3) is 0 Å². The number of rotatable bonds is 9. The average Bonchev–Trinajstić information content (AvgIpc) is 2.74. The Morgan fingerprint density at radius 3 is 2.03 bits per heavy atom. The molecule has 0 aliphatic rings. The third-order valence-electron chi connectivity index (χ3n) is 4.53. The van der Waals surface area contributed by atoms with Gasteiger partial charge in [0.05, 0.1) is 6.54 Å². The Labute approximate surface area is 183 Å². The first kappa shape index (κ1) is 24.4. The van der Waals surface area contributed by atoms with E-state index in [1.165, 1.54) is 12.1 Å². The van der Waals surface area contributed by atoms with Gasteiger partial charge in [-0.3, -0.25) is 19.2 Å². The Kier molecular flexibility index (Phi) is 8.39. The van der Waals surface area contributed by atoms with Gasteiger partial charge in [-0.15, -0.1) is 0 Å². The third-order valence-corrected chi connectivity index (χ3v) is 4.53. The second kappa shape index (κ2) is 11.0. The molecule has 1 unspecified atom stereocenters. The molecule has 2 aromatic rings. The minimum absolute atomic E-state index is 0.0924. The van der Waals surface area contributed by atoms with Crippen molar-refractivity contribution >= 4 is 23.6 Å². The van der Waals surface area contributed by atoms with Crippen molar-refractivity contribution in [2.24, 2.45) is 11.7 Å². The Balaban J connectivity index is 1.99. The lowest BCUT2D eigenvalue weighted by molar-refractivity contribution is -0.124. The summed E-state index contributed by atoms with van der Waals surface area (Å²) in [6, 6.07) is 8.27. The van der Waals surface area contributed by atoms with Crippen LogP contribution in [0.1, 0.15) is 40.1 Å². The normalized spacial score (nSPS) is 11.5. The number of amides is 4. The van der Waals surface area contributed by atoms with E-state index in [4.69, 9.17) is 5.73 Å². The molecule has 0 fully saturated rings. The maximum absolute atomic E-state index is 13.8. The summed E-state index contributed by atoms with van der Waals surface area (Å²) in [6.45, 7) is 3.17. The summed E-state index contributed by atoms with van der Waals surface area (Å²) in [5.41, 5.74) is 5.20. The van der Waals surface area contributed by atoms with Crippen molar-refractivity contribution < 1.29 is 28.0 Å². The minimum Gasteiger partial charge on any atom is -0.368 e. The molecular weight excluding hydrogens is 422 g/mol. The molecule has 0 spiro atoms. The van der Waals surface area contributed by atoms with Gasteiger partial charge < -0.3 is 21.7 Å². The first-order valence-electron chi connectivity index (χ1n) is 9.78. The van der Waals surface area contributed by atoms with Crippen LogP contribution in [0.2, 0.25) is 0 Å². The molecule has 32 heavy (non-hydrogen) atoms. The number of carbonyl (C=O) groups is 4. The van der Waals surface area contributed by atoms with Gasteiger partial charge in [-0.05, 0) is 35.7 Å². The summed E-state index contributed by atoms with van der Waals surface area (Å²) in [4.78, 5) is 47.5. The highest BCUT2D eigenvalue weighted by atomic mass is 19.1. The molecule has 10 heteroatoms. The van der Waals surface area contributed by atoms with E-state index in [1.54, 1.807) is 26.0 Å². The highest BCUT2D eigenvalue weighted by Gasteiger charge is 2.27. The lowest BCUT2D eigenvalue weighted by Crippen LogP contribution is -2.49. The monoisotopic (exact) mass is 446 g/mol. The summed E-state index contributed by atoms with van der Waals surface area (Å²) in [5.74, 6) is -5.10. The average molecular weight is 446 g/mol. The molecule has 0 heterocycles. The van der Waals surface area contributed by atoms with Crippen LogP contribution in [0.15, 0.2) is 42.5 Å². The van der Waals surface area contributed by atoms with Crippen molar-refractivity contribution in [1.29, 1.82) is 0 Å². The molecule has 2 aromatic carbocycles. The number of nitrogens with one attached hydrogen (secondary N) is 3. The predicted octanol–water partition coefficient (Wildman–Crippen LogP) is 1.25. The van der Waals surface area contributed by atoms with Crippen LogP contribution in [-0.2, 0) is 16.1 Å². The lowest BCUT2D eigenvalue weighted by atomic mass is 10.0. The van der Waals surface area contributed by atoms with Crippen molar-refractivity contribution in [3.8, 4) is 0 Å². The summed E-state index contributed by atoms with van der Waals surface area (Å²) in [6.07, 6.45) is 0. The van der Waals surface area contributed by atoms with Gasteiger partial charge in [-0.1, -0.05) is 32.0 Å². The van der Waals surface area contributed by atoms with Crippen molar-refractivity contribution in [3.05, 3.63) is 70.8 Å². The van der Waals surface area contributed by atoms with Gasteiger partial charge >= 0.3 is 0 Å². The molecule has 0 bridgehead atoms. The Bertz CT molecular complexity index is 989. The van der Waals surface area contributed by atoms with Crippen LogP contribution >= 0.6 is 0 Å². The first-order chi connectivity index (χ1) is 15.1. The van der Waals surface area contributed by atoms with Crippen LogP contribution < -0.4 is 21.7 Å². The zero-order valence-corrected chi connectivity index (χ0v) is 17.6. The summed E-state index contributed by atoms with van der Waals surface area (Å²) >= 11 is 0. The minimum atomic E-state index is -1.03. The van der Waals surface area contributed by atoms with Gasteiger partial charge in [0, 0.05) is 12.1 Å². The largest absolute Gasteiger partial charge is 0.368 e. The molecule has 0 aliphatic heterocycles. The van der Waals surface area contributed by atoms with E-state index in [0.717, 1.165) is 18.2 Å². The van der Waals surface area contributed by atoms with E-state index in [1.807, 2.05) is 0 Å². The fraction of sp³-hybridized carbons (Fsp3) is 0.273. The molecule has 8 nitrogen and oxygen atoms in total. The van der Waals surface area contributed by atoms with Crippen molar-refractivity contribution in [2.75, 3.05) is 6.54 Å². The fourth-order valence-corrected chi connectivity index (χ4v) is 2.81. The lowest BCUT2D eigenvalue weighted by Gasteiger charge is -2.22. The molecule has 0 saturated heterocycles. The zero-order valence-electron chi connectivity index (χ0n) is 17.6. The number of halogens is 2. The second-order valence-corrected chi connectivity index (χ2v) is 7.36. The van der Waals surface area contributed by atoms with E-state index >= 15 is 0 Å². The Morgan fingerprint density at radius 1 is 0.906 bits per heavy atom.